The van der Waals surface area contributed by atoms with Crippen molar-refractivity contribution in [2.24, 2.45) is 0 Å². The summed E-state index contributed by atoms with van der Waals surface area (Å²) in [5.41, 5.74) is 0. The largest absolute Gasteiger partial charge is 0.475 e. The van der Waals surface area contributed by atoms with Crippen molar-refractivity contribution in [3.63, 3.8) is 0 Å². The van der Waals surface area contributed by atoms with E-state index in [1.54, 1.807) is 0 Å². The molecule has 0 bridgehead atoms. The molecular formula is C9H12Cl6I3O4P. The van der Waals surface area contributed by atoms with Gasteiger partial charge in [-0.15, -0.1) is 69.6 Å². The summed E-state index contributed by atoms with van der Waals surface area (Å²) in [5.74, 6) is -0.0596. The first-order valence-electron chi connectivity index (χ1n) is 5.77. The summed E-state index contributed by atoms with van der Waals surface area (Å²) in [4.78, 5) is 0. The van der Waals surface area contributed by atoms with Gasteiger partial charge in [0.25, 0.3) is 0 Å². The van der Waals surface area contributed by atoms with E-state index in [2.05, 4.69) is 0 Å². The zero-order chi connectivity index (χ0) is 18.2. The van der Waals surface area contributed by atoms with Crippen LogP contribution in [0.5, 0.6) is 0 Å². The van der Waals surface area contributed by atoms with E-state index < -0.39 is 36.3 Å². The maximum absolute atomic E-state index is 13.0. The minimum Gasteiger partial charge on any atom is -0.280 e. The molecule has 140 valence electrons. The highest BCUT2D eigenvalue weighted by molar-refractivity contribution is 14.1. The average molecular weight is 809 g/mol. The Morgan fingerprint density at radius 1 is 0.696 bits per heavy atom. The van der Waals surface area contributed by atoms with Gasteiger partial charge in [0.2, 0.25) is 0 Å². The normalized spacial score (nSPS) is 22.7. The summed E-state index contributed by atoms with van der Waals surface area (Å²) in [7, 11) is -4.12. The van der Waals surface area contributed by atoms with Crippen LogP contribution in [0.4, 0.5) is 0 Å². The van der Waals surface area contributed by atoms with E-state index in [0.717, 1.165) is 0 Å². The van der Waals surface area contributed by atoms with Gasteiger partial charge < -0.3 is 0 Å². The van der Waals surface area contributed by atoms with Gasteiger partial charge in [-0.25, -0.2) is 4.57 Å². The third kappa shape index (κ3) is 11.0. The number of hydrogen-bond acceptors (Lipinski definition) is 4. The minimum absolute atomic E-state index is 0.0199. The summed E-state index contributed by atoms with van der Waals surface area (Å²) in [6.45, 7) is 0. The average Bonchev–Trinajstić information content (AvgIpc) is 2.47. The number of alkyl halides is 9. The Labute approximate surface area is 206 Å². The summed E-state index contributed by atoms with van der Waals surface area (Å²) < 4.78 is 27.6. The van der Waals surface area contributed by atoms with Gasteiger partial charge in [0.15, 0.2) is 0 Å². The van der Waals surface area contributed by atoms with Crippen molar-refractivity contribution >= 4 is 145 Å². The SMILES string of the molecule is O=P(OC(CCl)C(Cl)I)(OC(CCl)C(Cl)I)OC(CCl)C(Cl)I. The van der Waals surface area contributed by atoms with Crippen LogP contribution in [-0.4, -0.2) is 46.1 Å². The fraction of sp³-hybridized carbons (Fsp3) is 1.00. The summed E-state index contributed by atoms with van der Waals surface area (Å²) >= 11 is 40.8. The molecule has 0 N–H and O–H groups in total. The van der Waals surface area contributed by atoms with Crippen molar-refractivity contribution in [2.75, 3.05) is 17.6 Å². The lowest BCUT2D eigenvalue weighted by Gasteiger charge is -2.29. The third-order valence-electron chi connectivity index (χ3n) is 2.09. The second kappa shape index (κ2) is 14.1. The van der Waals surface area contributed by atoms with Crippen LogP contribution >= 0.6 is 145 Å². The molecule has 0 spiro atoms. The number of halogens is 9. The van der Waals surface area contributed by atoms with Crippen molar-refractivity contribution in [1.29, 1.82) is 0 Å². The van der Waals surface area contributed by atoms with Crippen LogP contribution in [-0.2, 0) is 18.1 Å². The Morgan fingerprint density at radius 3 is 1.04 bits per heavy atom. The Balaban J connectivity index is 5.36. The predicted molar refractivity (Wildman–Crippen MR) is 125 cm³/mol. The molecule has 0 amide bonds. The molecule has 0 aliphatic carbocycles. The molecule has 14 heteroatoms. The van der Waals surface area contributed by atoms with Crippen LogP contribution in [0.1, 0.15) is 0 Å². The smallest absolute Gasteiger partial charge is 0.280 e. The van der Waals surface area contributed by atoms with Gasteiger partial charge in [-0.05, 0) is 0 Å². The van der Waals surface area contributed by atoms with Crippen LogP contribution in [0.15, 0.2) is 0 Å². The van der Waals surface area contributed by atoms with E-state index in [9.17, 15) is 4.57 Å². The molecule has 0 heterocycles. The molecule has 0 radical (unpaired) electrons. The third-order valence-corrected chi connectivity index (χ3v) is 7.84. The minimum atomic E-state index is -4.12. The first-order chi connectivity index (χ1) is 10.6. The molecule has 0 aromatic heterocycles. The standard InChI is InChI=1S/C9H12Cl6I3O4P/c10-1-4(7(13)16)20-23(19,21-5(2-11)8(14)17)22-6(3-12)9(15)18/h4-9H,1-3H2. The summed E-state index contributed by atoms with van der Waals surface area (Å²) in [6.07, 6.45) is -2.37. The molecule has 0 aromatic rings. The number of phosphoric ester groups is 1. The fourth-order valence-electron chi connectivity index (χ4n) is 0.997. The van der Waals surface area contributed by atoms with Crippen LogP contribution in [0.3, 0.4) is 0 Å². The zero-order valence-corrected chi connectivity index (χ0v) is 23.0. The number of hydrogen-bond donors (Lipinski definition) is 0. The van der Waals surface area contributed by atoms with Gasteiger partial charge in [0.1, 0.15) is 28.5 Å². The lowest BCUT2D eigenvalue weighted by molar-refractivity contribution is 0.0577. The zero-order valence-electron chi connectivity index (χ0n) is 11.1. The molecule has 0 saturated heterocycles. The van der Waals surface area contributed by atoms with E-state index in [-0.39, 0.29) is 17.6 Å². The van der Waals surface area contributed by atoms with Crippen molar-refractivity contribution in [3.05, 3.63) is 0 Å². The first-order valence-corrected chi connectivity index (χ1v) is 13.9. The Morgan fingerprint density at radius 2 is 0.913 bits per heavy atom. The Hall–Kier alpha value is 4.04. The van der Waals surface area contributed by atoms with Crippen molar-refractivity contribution < 1.29 is 18.1 Å². The molecule has 0 fully saturated rings. The quantitative estimate of drug-likeness (QED) is 0.122. The second-order valence-corrected chi connectivity index (χ2v) is 13.9. The van der Waals surface area contributed by atoms with Gasteiger partial charge in [-0.1, -0.05) is 67.8 Å². The lowest BCUT2D eigenvalue weighted by Crippen LogP contribution is -2.30. The van der Waals surface area contributed by atoms with E-state index in [0.29, 0.717) is 0 Å². The Bertz CT molecular complexity index is 329. The maximum atomic E-state index is 13.0. The van der Waals surface area contributed by atoms with Crippen molar-refractivity contribution in [2.45, 2.75) is 28.5 Å². The van der Waals surface area contributed by atoms with Crippen molar-refractivity contribution in [3.8, 4) is 0 Å². The number of rotatable bonds is 12. The highest BCUT2D eigenvalue weighted by Gasteiger charge is 2.40. The molecule has 6 unspecified atom stereocenters. The number of phosphoric acid groups is 1. The highest BCUT2D eigenvalue weighted by atomic mass is 127. The molecule has 6 atom stereocenters. The molecule has 0 aliphatic heterocycles. The highest BCUT2D eigenvalue weighted by Crippen LogP contribution is 2.55. The van der Waals surface area contributed by atoms with E-state index in [4.69, 9.17) is 83.2 Å². The Kier molecular flexibility index (Phi) is 16.6. The molecule has 23 heavy (non-hydrogen) atoms. The van der Waals surface area contributed by atoms with Crippen LogP contribution in [0, 0.1) is 0 Å². The van der Waals surface area contributed by atoms with Crippen LogP contribution in [0.25, 0.3) is 0 Å². The lowest BCUT2D eigenvalue weighted by atomic mass is 10.5. The van der Waals surface area contributed by atoms with Gasteiger partial charge in [-0.2, -0.15) is 0 Å². The summed E-state index contributed by atoms with van der Waals surface area (Å²) in [6, 6.07) is 0. The molecule has 4 nitrogen and oxygen atoms in total. The van der Waals surface area contributed by atoms with E-state index in [1.165, 1.54) is 0 Å². The molecule has 0 saturated carbocycles. The first kappa shape index (κ1) is 27.0. The molecule has 0 aliphatic rings. The van der Waals surface area contributed by atoms with Gasteiger partial charge in [0.05, 0.1) is 17.6 Å². The second-order valence-electron chi connectivity index (χ2n) is 3.85. The van der Waals surface area contributed by atoms with E-state index in [1.807, 2.05) is 67.8 Å². The molecular weight excluding hydrogens is 796 g/mol. The maximum Gasteiger partial charge on any atom is 0.475 e. The predicted octanol–water partition coefficient (Wildman–Crippen LogP) is 6.97. The summed E-state index contributed by atoms with van der Waals surface area (Å²) in [5, 5.41) is 0. The fourth-order valence-corrected chi connectivity index (χ4v) is 7.43. The molecule has 0 rings (SSSR count). The topological polar surface area (TPSA) is 44.8 Å². The monoisotopic (exact) mass is 806 g/mol. The van der Waals surface area contributed by atoms with Gasteiger partial charge in [0, 0.05) is 0 Å². The molecule has 0 aromatic carbocycles. The van der Waals surface area contributed by atoms with Gasteiger partial charge in [-0.3, -0.25) is 13.6 Å². The van der Waals surface area contributed by atoms with Gasteiger partial charge >= 0.3 is 7.82 Å². The van der Waals surface area contributed by atoms with Crippen LogP contribution < -0.4 is 0 Å². The van der Waals surface area contributed by atoms with Crippen molar-refractivity contribution in [1.82, 2.24) is 0 Å². The van der Waals surface area contributed by atoms with E-state index >= 15 is 0 Å². The van der Waals surface area contributed by atoms with Crippen LogP contribution in [0.2, 0.25) is 0 Å².